The molecule has 0 saturated heterocycles. The summed E-state index contributed by atoms with van der Waals surface area (Å²) in [5, 5.41) is 4.15. The summed E-state index contributed by atoms with van der Waals surface area (Å²) in [7, 11) is 2.06. The minimum atomic E-state index is 0.659. The Morgan fingerprint density at radius 3 is 1.85 bits per heavy atom. The molecule has 2 heteroatoms. The smallest absolute Gasteiger partial charge is 0.0178 e. The lowest BCUT2D eigenvalue weighted by Crippen LogP contribution is -2.33. The maximum Gasteiger partial charge on any atom is 0.0178 e. The zero-order valence-electron chi connectivity index (χ0n) is 9.92. The zero-order valence-corrected chi connectivity index (χ0v) is 10.7. The molecule has 0 bridgehead atoms. The van der Waals surface area contributed by atoms with Crippen molar-refractivity contribution in [1.29, 1.82) is 0 Å². The third-order valence-corrected chi connectivity index (χ3v) is 4.27. The van der Waals surface area contributed by atoms with E-state index < -0.39 is 0 Å². The van der Waals surface area contributed by atoms with Crippen LogP contribution in [0, 0.1) is 11.8 Å². The molecule has 0 aromatic rings. The molecule has 2 unspecified atom stereocenters. The van der Waals surface area contributed by atoms with Crippen molar-refractivity contribution in [2.75, 3.05) is 12.8 Å². The molecule has 0 radical (unpaired) electrons. The van der Waals surface area contributed by atoms with E-state index in [2.05, 4.69) is 58.7 Å². The van der Waals surface area contributed by atoms with Gasteiger partial charge in [0.25, 0.3) is 0 Å². The van der Waals surface area contributed by atoms with Crippen molar-refractivity contribution in [2.24, 2.45) is 11.8 Å². The first-order valence-electron chi connectivity index (χ1n) is 5.27. The quantitative estimate of drug-likeness (QED) is 0.712. The van der Waals surface area contributed by atoms with Gasteiger partial charge in [-0.15, -0.1) is 0 Å². The molecule has 0 heterocycles. The fourth-order valence-electron chi connectivity index (χ4n) is 1.06. The molecule has 0 aliphatic rings. The van der Waals surface area contributed by atoms with E-state index in [1.54, 1.807) is 0 Å². The van der Waals surface area contributed by atoms with Gasteiger partial charge in [0.05, 0.1) is 0 Å². The van der Waals surface area contributed by atoms with E-state index in [0.717, 1.165) is 17.1 Å². The molecule has 0 aliphatic heterocycles. The Morgan fingerprint density at radius 1 is 1.00 bits per heavy atom. The minimum Gasteiger partial charge on any atom is -0.316 e. The van der Waals surface area contributed by atoms with Crippen LogP contribution in [-0.2, 0) is 0 Å². The van der Waals surface area contributed by atoms with Gasteiger partial charge in [-0.25, -0.2) is 0 Å². The summed E-state index contributed by atoms with van der Waals surface area (Å²) in [5.74, 6) is 2.75. The number of nitrogens with one attached hydrogen (secondary N) is 1. The van der Waals surface area contributed by atoms with Crippen molar-refractivity contribution in [3.8, 4) is 0 Å². The fraction of sp³-hybridized carbons (Fsp3) is 1.00. The Hall–Kier alpha value is 0.310. The van der Waals surface area contributed by atoms with E-state index in [-0.39, 0.29) is 0 Å². The third kappa shape index (κ3) is 5.58. The lowest BCUT2D eigenvalue weighted by Gasteiger charge is -2.23. The average molecular weight is 203 g/mol. The van der Waals surface area contributed by atoms with Crippen molar-refractivity contribution in [1.82, 2.24) is 5.32 Å². The number of hydrogen-bond donors (Lipinski definition) is 1. The Labute approximate surface area is 88.1 Å². The molecule has 13 heavy (non-hydrogen) atoms. The van der Waals surface area contributed by atoms with Crippen LogP contribution in [0.4, 0.5) is 0 Å². The summed E-state index contributed by atoms with van der Waals surface area (Å²) >= 11 is 2.08. The van der Waals surface area contributed by atoms with Crippen molar-refractivity contribution in [3.63, 3.8) is 0 Å². The van der Waals surface area contributed by atoms with E-state index in [0.29, 0.717) is 6.04 Å². The van der Waals surface area contributed by atoms with Crippen LogP contribution in [-0.4, -0.2) is 24.1 Å². The van der Waals surface area contributed by atoms with Gasteiger partial charge in [0.2, 0.25) is 0 Å². The topological polar surface area (TPSA) is 12.0 Å². The second-order valence-electron chi connectivity index (χ2n) is 4.42. The average Bonchev–Trinajstić information content (AvgIpc) is 2.04. The number of thioether (sulfide) groups is 1. The molecule has 0 aromatic carbocycles. The summed E-state index contributed by atoms with van der Waals surface area (Å²) in [5.41, 5.74) is 0. The lowest BCUT2D eigenvalue weighted by atomic mass is 10.1. The monoisotopic (exact) mass is 203 g/mol. The highest BCUT2D eigenvalue weighted by Gasteiger charge is 2.14. The predicted octanol–water partition coefficient (Wildman–Crippen LogP) is 3.01. The highest BCUT2D eigenvalue weighted by atomic mass is 32.2. The van der Waals surface area contributed by atoms with E-state index in [9.17, 15) is 0 Å². The van der Waals surface area contributed by atoms with Gasteiger partial charge < -0.3 is 5.32 Å². The molecule has 0 aliphatic carbocycles. The van der Waals surface area contributed by atoms with E-state index >= 15 is 0 Å². The van der Waals surface area contributed by atoms with Gasteiger partial charge in [-0.3, -0.25) is 0 Å². The van der Waals surface area contributed by atoms with Gasteiger partial charge in [-0.1, -0.05) is 34.6 Å². The van der Waals surface area contributed by atoms with Crippen molar-refractivity contribution >= 4 is 11.8 Å². The highest BCUT2D eigenvalue weighted by molar-refractivity contribution is 7.99. The van der Waals surface area contributed by atoms with Gasteiger partial charge in [0, 0.05) is 17.0 Å². The van der Waals surface area contributed by atoms with Crippen LogP contribution in [0.15, 0.2) is 0 Å². The largest absolute Gasteiger partial charge is 0.316 e. The number of rotatable bonds is 6. The van der Waals surface area contributed by atoms with Crippen LogP contribution in [0.25, 0.3) is 0 Å². The first-order chi connectivity index (χ1) is 5.99. The van der Waals surface area contributed by atoms with Crippen LogP contribution in [0.5, 0.6) is 0 Å². The van der Waals surface area contributed by atoms with Gasteiger partial charge in [-0.05, 0) is 18.9 Å². The van der Waals surface area contributed by atoms with Crippen LogP contribution < -0.4 is 5.32 Å². The Bertz CT molecular complexity index is 123. The summed E-state index contributed by atoms with van der Waals surface area (Å²) in [6, 6.07) is 0.659. The molecule has 0 amide bonds. The van der Waals surface area contributed by atoms with Crippen molar-refractivity contribution in [3.05, 3.63) is 0 Å². The van der Waals surface area contributed by atoms with Crippen LogP contribution in [0.2, 0.25) is 0 Å². The SMILES string of the molecule is CNC(CSC(C)C(C)C)C(C)C. The standard InChI is InChI=1S/C11H25NS/c1-8(2)10(5)13-7-11(12-6)9(3)4/h8-12H,7H2,1-6H3. The summed E-state index contributed by atoms with van der Waals surface area (Å²) < 4.78 is 0. The Morgan fingerprint density at radius 2 is 1.54 bits per heavy atom. The summed E-state index contributed by atoms with van der Waals surface area (Å²) in [6.07, 6.45) is 0. The van der Waals surface area contributed by atoms with Gasteiger partial charge >= 0.3 is 0 Å². The minimum absolute atomic E-state index is 0.659. The number of hydrogen-bond acceptors (Lipinski definition) is 2. The third-order valence-electron chi connectivity index (χ3n) is 2.65. The maximum atomic E-state index is 3.37. The first kappa shape index (κ1) is 13.3. The molecular weight excluding hydrogens is 178 g/mol. The fourth-order valence-corrected chi connectivity index (χ4v) is 2.50. The summed E-state index contributed by atoms with van der Waals surface area (Å²) in [4.78, 5) is 0. The van der Waals surface area contributed by atoms with Crippen LogP contribution in [0.1, 0.15) is 34.6 Å². The predicted molar refractivity (Wildman–Crippen MR) is 64.4 cm³/mol. The van der Waals surface area contributed by atoms with Crippen LogP contribution >= 0.6 is 11.8 Å². The molecule has 0 fully saturated rings. The molecule has 2 atom stereocenters. The Balaban J connectivity index is 3.72. The van der Waals surface area contributed by atoms with Gasteiger partial charge in [0.15, 0.2) is 0 Å². The summed E-state index contributed by atoms with van der Waals surface area (Å²) in [6.45, 7) is 11.5. The molecule has 0 saturated carbocycles. The molecule has 0 aromatic heterocycles. The van der Waals surface area contributed by atoms with E-state index in [1.165, 1.54) is 5.75 Å². The highest BCUT2D eigenvalue weighted by Crippen LogP contribution is 2.21. The molecule has 1 nitrogen and oxygen atoms in total. The molecule has 1 N–H and O–H groups in total. The second-order valence-corrected chi connectivity index (χ2v) is 5.83. The molecule has 0 rings (SSSR count). The van der Waals surface area contributed by atoms with Crippen molar-refractivity contribution < 1.29 is 0 Å². The zero-order chi connectivity index (χ0) is 10.4. The molecular formula is C11H25NS. The molecule has 0 spiro atoms. The second kappa shape index (κ2) is 6.72. The van der Waals surface area contributed by atoms with Gasteiger partial charge in [-0.2, -0.15) is 11.8 Å². The maximum absolute atomic E-state index is 3.37. The van der Waals surface area contributed by atoms with Crippen molar-refractivity contribution in [2.45, 2.75) is 45.9 Å². The normalized spacial score (nSPS) is 16.6. The van der Waals surface area contributed by atoms with Crippen LogP contribution in [0.3, 0.4) is 0 Å². The van der Waals surface area contributed by atoms with Gasteiger partial charge in [0.1, 0.15) is 0 Å². The van der Waals surface area contributed by atoms with E-state index in [4.69, 9.17) is 0 Å². The van der Waals surface area contributed by atoms with E-state index in [1.807, 2.05) is 0 Å². The lowest BCUT2D eigenvalue weighted by molar-refractivity contribution is 0.464. The Kier molecular flexibility index (Phi) is 6.88. The molecule has 80 valence electrons. The first-order valence-corrected chi connectivity index (χ1v) is 6.32.